The monoisotopic (exact) mass is 500 g/mol. The highest BCUT2D eigenvalue weighted by molar-refractivity contribution is 6.01. The van der Waals surface area contributed by atoms with E-state index in [9.17, 15) is 18.0 Å². The van der Waals surface area contributed by atoms with Crippen molar-refractivity contribution in [1.82, 2.24) is 15.1 Å². The van der Waals surface area contributed by atoms with Crippen molar-refractivity contribution in [2.75, 3.05) is 26.1 Å². The Morgan fingerprint density at radius 2 is 1.89 bits per heavy atom. The molecule has 1 aromatic heterocycles. The third-order valence-electron chi connectivity index (χ3n) is 6.82. The number of nitrogens with one attached hydrogen (secondary N) is 2. The quantitative estimate of drug-likeness (QED) is 0.455. The number of aromatic nitrogens is 2. The van der Waals surface area contributed by atoms with E-state index in [1.54, 1.807) is 48.5 Å². The van der Waals surface area contributed by atoms with Crippen LogP contribution in [0, 0.1) is 0 Å². The van der Waals surface area contributed by atoms with Crippen molar-refractivity contribution in [2.24, 2.45) is 0 Å². The Labute approximate surface area is 206 Å². The van der Waals surface area contributed by atoms with E-state index < -0.39 is 18.3 Å². The SMILES string of the molecule is COc1ccc(C2CC(C(F)(F)F)n3nc(-c4cccc(C(=O)C5CCCN5)c4)cc3N2)cc1OC. The Balaban J connectivity index is 1.48. The van der Waals surface area contributed by atoms with Crippen LogP contribution in [0.25, 0.3) is 11.3 Å². The number of anilines is 1. The molecule has 0 saturated carbocycles. The lowest BCUT2D eigenvalue weighted by atomic mass is 9.96. The van der Waals surface area contributed by atoms with E-state index in [0.717, 1.165) is 24.1 Å². The first-order valence-electron chi connectivity index (χ1n) is 11.8. The van der Waals surface area contributed by atoms with Crippen molar-refractivity contribution in [3.8, 4) is 22.8 Å². The maximum atomic E-state index is 14.1. The van der Waals surface area contributed by atoms with Gasteiger partial charge in [-0.05, 0) is 43.1 Å². The summed E-state index contributed by atoms with van der Waals surface area (Å²) in [6.07, 6.45) is -3.02. The zero-order valence-corrected chi connectivity index (χ0v) is 19.9. The van der Waals surface area contributed by atoms with Crippen LogP contribution in [0.1, 0.15) is 47.3 Å². The second kappa shape index (κ2) is 9.50. The van der Waals surface area contributed by atoms with E-state index in [2.05, 4.69) is 15.7 Å². The van der Waals surface area contributed by atoms with Gasteiger partial charge in [0.1, 0.15) is 5.82 Å². The van der Waals surface area contributed by atoms with Gasteiger partial charge in [0.2, 0.25) is 0 Å². The minimum atomic E-state index is -4.50. The molecule has 0 aliphatic carbocycles. The number of rotatable bonds is 6. The maximum absolute atomic E-state index is 14.1. The second-order valence-electron chi connectivity index (χ2n) is 9.06. The Bertz CT molecular complexity index is 1270. The van der Waals surface area contributed by atoms with Gasteiger partial charge >= 0.3 is 6.18 Å². The Kier molecular flexibility index (Phi) is 6.38. The first-order chi connectivity index (χ1) is 17.3. The topological polar surface area (TPSA) is 77.4 Å². The number of alkyl halides is 3. The predicted octanol–water partition coefficient (Wildman–Crippen LogP) is 5.16. The molecule has 2 aromatic carbocycles. The van der Waals surface area contributed by atoms with Crippen LogP contribution in [-0.2, 0) is 0 Å². The second-order valence-corrected chi connectivity index (χ2v) is 9.06. The van der Waals surface area contributed by atoms with Crippen LogP contribution in [0.2, 0.25) is 0 Å². The van der Waals surface area contributed by atoms with E-state index >= 15 is 0 Å². The number of carbonyl (C=O) groups excluding carboxylic acids is 1. The fourth-order valence-electron chi connectivity index (χ4n) is 4.94. The molecule has 3 atom stereocenters. The van der Waals surface area contributed by atoms with Crippen molar-refractivity contribution < 1.29 is 27.4 Å². The van der Waals surface area contributed by atoms with Gasteiger partial charge in [-0.2, -0.15) is 18.3 Å². The Morgan fingerprint density at radius 1 is 1.08 bits per heavy atom. The fourth-order valence-corrected chi connectivity index (χ4v) is 4.94. The van der Waals surface area contributed by atoms with Gasteiger partial charge < -0.3 is 20.1 Å². The van der Waals surface area contributed by atoms with Crippen LogP contribution in [0.5, 0.6) is 11.5 Å². The number of hydrogen-bond acceptors (Lipinski definition) is 6. The van der Waals surface area contributed by atoms with Crippen LogP contribution in [0.4, 0.5) is 19.0 Å². The zero-order valence-electron chi connectivity index (χ0n) is 19.9. The number of methoxy groups -OCH3 is 2. The van der Waals surface area contributed by atoms with Crippen molar-refractivity contribution in [3.63, 3.8) is 0 Å². The summed E-state index contributed by atoms with van der Waals surface area (Å²) in [6, 6.07) is 10.9. The highest BCUT2D eigenvalue weighted by Crippen LogP contribution is 2.45. The molecule has 3 heterocycles. The first-order valence-corrected chi connectivity index (χ1v) is 11.8. The van der Waals surface area contributed by atoms with E-state index in [1.165, 1.54) is 14.2 Å². The lowest BCUT2D eigenvalue weighted by Crippen LogP contribution is -2.35. The largest absolute Gasteiger partial charge is 0.493 e. The fraction of sp³-hybridized carbons (Fsp3) is 0.385. The highest BCUT2D eigenvalue weighted by Gasteiger charge is 2.46. The van der Waals surface area contributed by atoms with Crippen LogP contribution < -0.4 is 20.1 Å². The number of benzene rings is 2. The number of nitrogens with zero attached hydrogens (tertiary/aromatic N) is 2. The molecule has 36 heavy (non-hydrogen) atoms. The summed E-state index contributed by atoms with van der Waals surface area (Å²) in [5, 5.41) is 10.7. The molecular weight excluding hydrogens is 473 g/mol. The molecule has 3 aromatic rings. The minimum absolute atomic E-state index is 0.0156. The summed E-state index contributed by atoms with van der Waals surface area (Å²) in [4.78, 5) is 12.8. The van der Waals surface area contributed by atoms with Gasteiger partial charge in [0.25, 0.3) is 0 Å². The predicted molar refractivity (Wildman–Crippen MR) is 129 cm³/mol. The Hall–Kier alpha value is -3.53. The molecule has 3 unspecified atom stereocenters. The van der Waals surface area contributed by atoms with Crippen LogP contribution in [0.15, 0.2) is 48.5 Å². The van der Waals surface area contributed by atoms with Gasteiger partial charge in [0.05, 0.1) is 32.0 Å². The van der Waals surface area contributed by atoms with Gasteiger partial charge in [-0.15, -0.1) is 0 Å². The van der Waals surface area contributed by atoms with Crippen molar-refractivity contribution >= 4 is 11.6 Å². The molecule has 0 bridgehead atoms. The van der Waals surface area contributed by atoms with Crippen LogP contribution in [0.3, 0.4) is 0 Å². The number of ether oxygens (including phenoxy) is 2. The Morgan fingerprint density at radius 3 is 2.58 bits per heavy atom. The number of halogens is 3. The molecule has 5 rings (SSSR count). The van der Waals surface area contributed by atoms with Crippen LogP contribution in [-0.4, -0.2) is 48.5 Å². The van der Waals surface area contributed by atoms with E-state index in [-0.39, 0.29) is 24.1 Å². The van der Waals surface area contributed by atoms with Gasteiger partial charge in [0.15, 0.2) is 23.3 Å². The van der Waals surface area contributed by atoms with E-state index in [1.807, 2.05) is 0 Å². The standard InChI is InChI=1S/C26H27F3N4O3/c1-35-21-9-8-16(12-22(21)36-2)19-13-23(26(27,28)29)33-24(31-19)14-20(32-33)15-5-3-6-17(11-15)25(34)18-7-4-10-30-18/h3,5-6,8-9,11-12,14,18-19,23,30-31H,4,7,10,13H2,1-2H3. The molecule has 1 fully saturated rings. The number of carbonyl (C=O) groups is 1. The number of Topliss-reactive ketones (excluding diaryl/α,β-unsaturated/α-hetero) is 1. The average molecular weight is 501 g/mol. The van der Waals surface area contributed by atoms with Crippen molar-refractivity contribution in [1.29, 1.82) is 0 Å². The number of hydrogen-bond donors (Lipinski definition) is 2. The van der Waals surface area contributed by atoms with E-state index in [0.29, 0.717) is 33.9 Å². The zero-order chi connectivity index (χ0) is 25.4. The highest BCUT2D eigenvalue weighted by atomic mass is 19.4. The summed E-state index contributed by atoms with van der Waals surface area (Å²) >= 11 is 0. The lowest BCUT2D eigenvalue weighted by Gasteiger charge is -2.33. The first kappa shape index (κ1) is 24.2. The molecule has 2 aliphatic heterocycles. The molecule has 2 aliphatic rings. The lowest BCUT2D eigenvalue weighted by molar-refractivity contribution is -0.173. The summed E-state index contributed by atoms with van der Waals surface area (Å²) in [7, 11) is 2.99. The number of fused-ring (bicyclic) bond motifs is 1. The minimum Gasteiger partial charge on any atom is -0.493 e. The maximum Gasteiger partial charge on any atom is 0.410 e. The molecule has 0 spiro atoms. The van der Waals surface area contributed by atoms with Gasteiger partial charge in [-0.25, -0.2) is 4.68 Å². The molecule has 0 radical (unpaired) electrons. The van der Waals surface area contributed by atoms with Crippen molar-refractivity contribution in [3.05, 3.63) is 59.7 Å². The summed E-state index contributed by atoms with van der Waals surface area (Å²) in [5.41, 5.74) is 2.12. The number of ketones is 1. The van der Waals surface area contributed by atoms with Gasteiger partial charge in [-0.1, -0.05) is 24.3 Å². The molecule has 0 amide bonds. The van der Waals surface area contributed by atoms with E-state index in [4.69, 9.17) is 9.47 Å². The summed E-state index contributed by atoms with van der Waals surface area (Å²) in [6.45, 7) is 0.801. The molecule has 10 heteroatoms. The summed E-state index contributed by atoms with van der Waals surface area (Å²) in [5.74, 6) is 1.18. The molecule has 1 saturated heterocycles. The van der Waals surface area contributed by atoms with Gasteiger partial charge in [-0.3, -0.25) is 4.79 Å². The average Bonchev–Trinajstić information content (AvgIpc) is 3.57. The molecule has 190 valence electrons. The van der Waals surface area contributed by atoms with Crippen LogP contribution >= 0.6 is 0 Å². The summed E-state index contributed by atoms with van der Waals surface area (Å²) < 4.78 is 54.0. The molecular formula is C26H27F3N4O3. The van der Waals surface area contributed by atoms with Gasteiger partial charge in [0, 0.05) is 23.6 Å². The smallest absolute Gasteiger partial charge is 0.410 e. The normalized spacial score (nSPS) is 21.5. The molecule has 2 N–H and O–H groups in total. The third kappa shape index (κ3) is 4.53. The van der Waals surface area contributed by atoms with Crippen molar-refractivity contribution in [2.45, 2.75) is 43.6 Å². The third-order valence-corrected chi connectivity index (χ3v) is 6.82. The molecule has 7 nitrogen and oxygen atoms in total.